The highest BCUT2D eigenvalue weighted by Gasteiger charge is 2.17. The van der Waals surface area contributed by atoms with Crippen LogP contribution >= 0.6 is 0 Å². The molecule has 12 heavy (non-hydrogen) atoms. The van der Waals surface area contributed by atoms with E-state index in [1.165, 1.54) is 0 Å². The van der Waals surface area contributed by atoms with E-state index in [0.29, 0.717) is 0 Å². The average Bonchev–Trinajstić information content (AvgIpc) is 2.48. The molecule has 1 aliphatic heterocycles. The van der Waals surface area contributed by atoms with Crippen LogP contribution in [0.2, 0.25) is 0 Å². The number of ether oxygens (including phenoxy) is 1. The van der Waals surface area contributed by atoms with E-state index in [-0.39, 0.29) is 6.23 Å². The Morgan fingerprint density at radius 3 is 2.92 bits per heavy atom. The normalized spacial score (nSPS) is 18.1. The number of rotatable bonds is 0. The zero-order chi connectivity index (χ0) is 8.97. The number of hydrogen-bond acceptors (Lipinski definition) is 4. The Hall–Kier alpha value is -1.32. The molecule has 1 unspecified atom stereocenters. The van der Waals surface area contributed by atoms with Crippen LogP contribution in [0.3, 0.4) is 0 Å². The topological polar surface area (TPSA) is 47.0 Å². The molecule has 1 aromatic rings. The Labute approximate surface area is 72.0 Å². The first-order valence-corrected chi connectivity index (χ1v) is 4.11. The van der Waals surface area contributed by atoms with E-state index in [9.17, 15) is 0 Å². The van der Waals surface area contributed by atoms with Crippen LogP contribution in [-0.2, 0) is 0 Å². The van der Waals surface area contributed by atoms with Gasteiger partial charge in [-0.3, -0.25) is 0 Å². The highest BCUT2D eigenvalue weighted by atomic mass is 16.5. The molecule has 0 fully saturated rings. The molecule has 0 saturated heterocycles. The maximum absolute atomic E-state index is 5.29. The van der Waals surface area contributed by atoms with Crippen molar-refractivity contribution in [3.8, 4) is 5.75 Å². The molecule has 0 saturated carbocycles. The monoisotopic (exact) mass is 167 g/mol. The lowest BCUT2D eigenvalue weighted by Gasteiger charge is -2.00. The Balaban J connectivity index is 0.000000336. The van der Waals surface area contributed by atoms with E-state index in [0.717, 1.165) is 11.6 Å². The lowest BCUT2D eigenvalue weighted by Crippen LogP contribution is -2.14. The quantitative estimate of drug-likeness (QED) is 0.638. The van der Waals surface area contributed by atoms with Crippen LogP contribution in [0.5, 0.6) is 5.75 Å². The number of nitrogens with one attached hydrogen (secondary N) is 1. The molecule has 1 aromatic heterocycles. The van der Waals surface area contributed by atoms with Gasteiger partial charge in [-0.05, 0) is 6.92 Å². The van der Waals surface area contributed by atoms with Gasteiger partial charge in [0.25, 0.3) is 0 Å². The molecule has 2 rings (SSSR count). The van der Waals surface area contributed by atoms with Crippen LogP contribution in [-0.4, -0.2) is 16.4 Å². The summed E-state index contributed by atoms with van der Waals surface area (Å²) in [6, 6.07) is 1.79. The standard InChI is InChI=1S/C6H7N3O.C2H6/c1-4-8-6-5(10-4)2-3-7-9-6;1-2/h2-4H,1H3,(H,8,9);1-2H3. The minimum absolute atomic E-state index is 0.0201. The lowest BCUT2D eigenvalue weighted by atomic mass is 10.5. The Morgan fingerprint density at radius 2 is 2.25 bits per heavy atom. The zero-order valence-electron chi connectivity index (χ0n) is 7.53. The van der Waals surface area contributed by atoms with Crippen molar-refractivity contribution in [3.05, 3.63) is 12.3 Å². The van der Waals surface area contributed by atoms with E-state index in [2.05, 4.69) is 15.5 Å². The number of hydrogen-bond donors (Lipinski definition) is 1. The first-order valence-electron chi connectivity index (χ1n) is 4.11. The van der Waals surface area contributed by atoms with Gasteiger partial charge in [-0.1, -0.05) is 13.8 Å². The number of anilines is 1. The largest absolute Gasteiger partial charge is 0.467 e. The number of aromatic nitrogens is 2. The van der Waals surface area contributed by atoms with Crippen LogP contribution in [0.1, 0.15) is 20.8 Å². The van der Waals surface area contributed by atoms with Crippen molar-refractivity contribution in [1.82, 2.24) is 10.2 Å². The molecule has 1 atom stereocenters. The second-order valence-corrected chi connectivity index (χ2v) is 2.15. The van der Waals surface area contributed by atoms with Gasteiger partial charge in [0, 0.05) is 6.07 Å². The summed E-state index contributed by atoms with van der Waals surface area (Å²) in [6.45, 7) is 5.92. The van der Waals surface area contributed by atoms with Crippen molar-refractivity contribution in [1.29, 1.82) is 0 Å². The fraction of sp³-hybridized carbons (Fsp3) is 0.500. The van der Waals surface area contributed by atoms with Gasteiger partial charge >= 0.3 is 0 Å². The van der Waals surface area contributed by atoms with Crippen LogP contribution in [0.25, 0.3) is 0 Å². The van der Waals surface area contributed by atoms with Crippen LogP contribution < -0.4 is 10.1 Å². The second kappa shape index (κ2) is 3.90. The fourth-order valence-electron chi connectivity index (χ4n) is 0.928. The van der Waals surface area contributed by atoms with Gasteiger partial charge in [0.2, 0.25) is 0 Å². The van der Waals surface area contributed by atoms with Gasteiger partial charge < -0.3 is 10.1 Å². The van der Waals surface area contributed by atoms with Crippen molar-refractivity contribution < 1.29 is 4.74 Å². The molecule has 4 nitrogen and oxygen atoms in total. The summed E-state index contributed by atoms with van der Waals surface area (Å²) in [6.07, 6.45) is 1.63. The maximum atomic E-state index is 5.29. The third-order valence-corrected chi connectivity index (χ3v) is 1.33. The van der Waals surface area contributed by atoms with E-state index in [4.69, 9.17) is 4.74 Å². The number of nitrogens with zero attached hydrogens (tertiary/aromatic N) is 2. The fourth-order valence-corrected chi connectivity index (χ4v) is 0.928. The van der Waals surface area contributed by atoms with Crippen molar-refractivity contribution >= 4 is 5.82 Å². The second-order valence-electron chi connectivity index (χ2n) is 2.15. The SMILES string of the molecule is CC.CC1Nc2nnccc2O1. The van der Waals surface area contributed by atoms with Gasteiger partial charge in [-0.15, -0.1) is 5.10 Å². The molecular weight excluding hydrogens is 154 g/mol. The zero-order valence-corrected chi connectivity index (χ0v) is 7.53. The summed E-state index contributed by atoms with van der Waals surface area (Å²) in [5, 5.41) is 10.5. The summed E-state index contributed by atoms with van der Waals surface area (Å²) < 4.78 is 5.29. The predicted molar refractivity (Wildman–Crippen MR) is 47.1 cm³/mol. The van der Waals surface area contributed by atoms with Gasteiger partial charge in [-0.25, -0.2) is 0 Å². The molecule has 1 aliphatic rings. The Kier molecular flexibility index (Phi) is 2.85. The molecule has 0 aliphatic carbocycles. The molecule has 4 heteroatoms. The van der Waals surface area contributed by atoms with Crippen LogP contribution in [0.4, 0.5) is 5.82 Å². The van der Waals surface area contributed by atoms with Crippen LogP contribution in [0.15, 0.2) is 12.3 Å². The highest BCUT2D eigenvalue weighted by Crippen LogP contribution is 2.27. The van der Waals surface area contributed by atoms with E-state index >= 15 is 0 Å². The average molecular weight is 167 g/mol. The first-order chi connectivity index (χ1) is 5.86. The molecule has 0 spiro atoms. The third-order valence-electron chi connectivity index (χ3n) is 1.33. The van der Waals surface area contributed by atoms with Gasteiger partial charge in [0.1, 0.15) is 0 Å². The molecule has 0 radical (unpaired) electrons. The van der Waals surface area contributed by atoms with Crippen molar-refractivity contribution in [2.75, 3.05) is 5.32 Å². The minimum atomic E-state index is 0.0201. The molecule has 0 amide bonds. The Morgan fingerprint density at radius 1 is 1.50 bits per heavy atom. The molecular formula is C8H13N3O. The molecule has 2 heterocycles. The van der Waals surface area contributed by atoms with Crippen molar-refractivity contribution in [2.45, 2.75) is 27.0 Å². The Bertz CT molecular complexity index is 227. The molecule has 66 valence electrons. The summed E-state index contributed by atoms with van der Waals surface area (Å²) in [5.41, 5.74) is 0. The summed E-state index contributed by atoms with van der Waals surface area (Å²) >= 11 is 0. The van der Waals surface area contributed by atoms with Crippen molar-refractivity contribution in [3.63, 3.8) is 0 Å². The van der Waals surface area contributed by atoms with E-state index < -0.39 is 0 Å². The van der Waals surface area contributed by atoms with Crippen LogP contribution in [0, 0.1) is 0 Å². The lowest BCUT2D eigenvalue weighted by molar-refractivity contribution is 0.274. The first kappa shape index (κ1) is 8.77. The summed E-state index contributed by atoms with van der Waals surface area (Å²) in [5.74, 6) is 1.51. The van der Waals surface area contributed by atoms with E-state index in [1.54, 1.807) is 12.3 Å². The molecule has 0 bridgehead atoms. The summed E-state index contributed by atoms with van der Waals surface area (Å²) in [4.78, 5) is 0. The number of fused-ring (bicyclic) bond motifs is 1. The van der Waals surface area contributed by atoms with Crippen molar-refractivity contribution in [2.24, 2.45) is 0 Å². The van der Waals surface area contributed by atoms with Gasteiger partial charge in [-0.2, -0.15) is 5.10 Å². The third kappa shape index (κ3) is 1.64. The van der Waals surface area contributed by atoms with E-state index in [1.807, 2.05) is 20.8 Å². The summed E-state index contributed by atoms with van der Waals surface area (Å²) in [7, 11) is 0. The molecule has 0 aromatic carbocycles. The molecule has 1 N–H and O–H groups in total. The van der Waals surface area contributed by atoms with Gasteiger partial charge in [0.05, 0.1) is 6.20 Å². The van der Waals surface area contributed by atoms with Gasteiger partial charge in [0.15, 0.2) is 17.8 Å². The smallest absolute Gasteiger partial charge is 0.194 e. The maximum Gasteiger partial charge on any atom is 0.194 e. The predicted octanol–water partition coefficient (Wildman–Crippen LogP) is 1.65. The highest BCUT2D eigenvalue weighted by molar-refractivity contribution is 5.52. The minimum Gasteiger partial charge on any atom is -0.467 e.